The lowest BCUT2D eigenvalue weighted by molar-refractivity contribution is -0.0509. The van der Waals surface area contributed by atoms with E-state index < -0.39 is 15.6 Å². The molecular formula is C18H21F3O4S2. The van der Waals surface area contributed by atoms with Gasteiger partial charge in [0.15, 0.2) is 0 Å². The SMILES string of the molecule is COc1ccc2c(c1)CCCC(C1CCSCC1)=C2OS(=O)(=O)C(F)(F)F. The van der Waals surface area contributed by atoms with Crippen LogP contribution in [0.15, 0.2) is 23.8 Å². The molecule has 150 valence electrons. The van der Waals surface area contributed by atoms with Gasteiger partial charge in [0.25, 0.3) is 0 Å². The van der Waals surface area contributed by atoms with Crippen molar-refractivity contribution in [1.29, 1.82) is 0 Å². The van der Waals surface area contributed by atoms with Crippen molar-refractivity contribution >= 4 is 27.6 Å². The lowest BCUT2D eigenvalue weighted by atomic mass is 9.88. The summed E-state index contributed by atoms with van der Waals surface area (Å²) in [6.07, 6.45) is 3.48. The Hall–Kier alpha value is -1.35. The Balaban J connectivity index is 2.13. The van der Waals surface area contributed by atoms with Gasteiger partial charge in [0.1, 0.15) is 11.5 Å². The Morgan fingerprint density at radius 1 is 1.15 bits per heavy atom. The number of thioether (sulfide) groups is 1. The number of hydrogen-bond donors (Lipinski definition) is 0. The Kier molecular flexibility index (Phi) is 6.00. The fourth-order valence-electron chi connectivity index (χ4n) is 3.57. The van der Waals surface area contributed by atoms with Crippen LogP contribution in [-0.4, -0.2) is 32.5 Å². The number of benzene rings is 1. The first-order valence-corrected chi connectivity index (χ1v) is 11.3. The van der Waals surface area contributed by atoms with Crippen molar-refractivity contribution in [3.05, 3.63) is 34.9 Å². The Morgan fingerprint density at radius 3 is 2.48 bits per heavy atom. The number of fused-ring (bicyclic) bond motifs is 1. The number of alkyl halides is 3. The smallest absolute Gasteiger partial charge is 0.497 e. The molecule has 3 rings (SSSR count). The summed E-state index contributed by atoms with van der Waals surface area (Å²) in [5, 5.41) is 0. The molecule has 0 radical (unpaired) electrons. The van der Waals surface area contributed by atoms with E-state index in [4.69, 9.17) is 8.92 Å². The molecule has 2 aliphatic rings. The normalized spacial score (nSPS) is 19.4. The van der Waals surface area contributed by atoms with E-state index in [1.807, 2.05) is 0 Å². The van der Waals surface area contributed by atoms with E-state index in [2.05, 4.69) is 0 Å². The summed E-state index contributed by atoms with van der Waals surface area (Å²) in [6, 6.07) is 4.94. The molecule has 0 unspecified atom stereocenters. The molecule has 1 aliphatic carbocycles. The summed E-state index contributed by atoms with van der Waals surface area (Å²) in [6.45, 7) is 0. The number of hydrogen-bond acceptors (Lipinski definition) is 5. The maximum absolute atomic E-state index is 13.0. The Bertz CT molecular complexity index is 825. The molecule has 9 heteroatoms. The Labute approximate surface area is 161 Å². The second-order valence-corrected chi connectivity index (χ2v) is 9.36. The fraction of sp³-hybridized carbons (Fsp3) is 0.556. The summed E-state index contributed by atoms with van der Waals surface area (Å²) >= 11 is 1.80. The van der Waals surface area contributed by atoms with Crippen LogP contribution in [0.1, 0.15) is 36.8 Å². The predicted molar refractivity (Wildman–Crippen MR) is 99.0 cm³/mol. The molecule has 0 saturated carbocycles. The zero-order valence-electron chi connectivity index (χ0n) is 14.8. The summed E-state index contributed by atoms with van der Waals surface area (Å²) in [5.41, 5.74) is -3.63. The minimum Gasteiger partial charge on any atom is -0.497 e. The minimum absolute atomic E-state index is 0.0396. The van der Waals surface area contributed by atoms with Crippen molar-refractivity contribution in [3.8, 4) is 5.75 Å². The predicted octanol–water partition coefficient (Wildman–Crippen LogP) is 4.75. The van der Waals surface area contributed by atoms with Gasteiger partial charge in [0.05, 0.1) is 7.11 Å². The number of allylic oxidation sites excluding steroid dienone is 1. The topological polar surface area (TPSA) is 52.6 Å². The standard InChI is InChI=1S/C18H21F3O4S2/c1-24-14-5-6-16-13(11-14)3-2-4-15(12-7-9-26-10-8-12)17(16)25-27(22,23)18(19,20)21/h5-6,11-12H,2-4,7-10H2,1H3. The van der Waals surface area contributed by atoms with Crippen molar-refractivity contribution in [2.75, 3.05) is 18.6 Å². The van der Waals surface area contributed by atoms with Crippen LogP contribution in [0.25, 0.3) is 5.76 Å². The van der Waals surface area contributed by atoms with E-state index in [0.717, 1.165) is 36.3 Å². The van der Waals surface area contributed by atoms with Crippen LogP contribution in [0.4, 0.5) is 13.2 Å². The number of rotatable bonds is 4. The number of ether oxygens (including phenoxy) is 1. The number of methoxy groups -OCH3 is 1. The molecule has 1 heterocycles. The third-order valence-corrected chi connectivity index (χ3v) is 6.93. The zero-order chi connectivity index (χ0) is 19.7. The molecular weight excluding hydrogens is 401 g/mol. The molecule has 1 aromatic rings. The van der Waals surface area contributed by atoms with Crippen molar-refractivity contribution in [2.45, 2.75) is 37.6 Å². The molecule has 0 N–H and O–H groups in total. The van der Waals surface area contributed by atoms with Crippen LogP contribution >= 0.6 is 11.8 Å². The fourth-order valence-corrected chi connectivity index (χ4v) is 5.19. The van der Waals surface area contributed by atoms with Crippen LogP contribution in [0.2, 0.25) is 0 Å². The quantitative estimate of drug-likeness (QED) is 0.518. The first-order chi connectivity index (χ1) is 12.7. The van der Waals surface area contributed by atoms with E-state index in [1.165, 1.54) is 7.11 Å². The third kappa shape index (κ3) is 4.39. The molecule has 1 fully saturated rings. The highest BCUT2D eigenvalue weighted by molar-refractivity contribution is 7.99. The van der Waals surface area contributed by atoms with Crippen LogP contribution < -0.4 is 4.74 Å². The molecule has 0 atom stereocenters. The van der Waals surface area contributed by atoms with Crippen molar-refractivity contribution in [3.63, 3.8) is 0 Å². The molecule has 1 aliphatic heterocycles. The van der Waals surface area contributed by atoms with Gasteiger partial charge in [-0.25, -0.2) is 0 Å². The minimum atomic E-state index is -5.74. The van der Waals surface area contributed by atoms with Crippen LogP contribution in [0, 0.1) is 5.92 Å². The molecule has 4 nitrogen and oxygen atoms in total. The highest BCUT2D eigenvalue weighted by Gasteiger charge is 2.49. The number of halogens is 3. The van der Waals surface area contributed by atoms with Crippen LogP contribution in [-0.2, 0) is 20.7 Å². The molecule has 1 saturated heterocycles. The van der Waals surface area contributed by atoms with Crippen LogP contribution in [0.3, 0.4) is 0 Å². The molecule has 0 spiro atoms. The van der Waals surface area contributed by atoms with E-state index in [0.29, 0.717) is 29.7 Å². The molecule has 0 aromatic heterocycles. The first kappa shape index (κ1) is 20.4. The van der Waals surface area contributed by atoms with E-state index in [-0.39, 0.29) is 11.7 Å². The van der Waals surface area contributed by atoms with Crippen molar-refractivity contribution < 1.29 is 30.5 Å². The van der Waals surface area contributed by atoms with Gasteiger partial charge in [-0.15, -0.1) is 0 Å². The maximum atomic E-state index is 13.0. The van der Waals surface area contributed by atoms with Crippen LogP contribution in [0.5, 0.6) is 5.75 Å². The van der Waals surface area contributed by atoms with Gasteiger partial charge in [0, 0.05) is 5.56 Å². The van der Waals surface area contributed by atoms with Gasteiger partial charge < -0.3 is 8.92 Å². The largest absolute Gasteiger partial charge is 0.534 e. The van der Waals surface area contributed by atoms with Gasteiger partial charge in [0.2, 0.25) is 0 Å². The average molecular weight is 422 g/mol. The molecule has 1 aromatic carbocycles. The van der Waals surface area contributed by atoms with Gasteiger partial charge in [-0.05, 0) is 78.9 Å². The highest BCUT2D eigenvalue weighted by Crippen LogP contribution is 2.42. The van der Waals surface area contributed by atoms with E-state index in [1.54, 1.807) is 30.0 Å². The Morgan fingerprint density at radius 2 is 1.85 bits per heavy atom. The van der Waals surface area contributed by atoms with E-state index in [9.17, 15) is 21.6 Å². The third-order valence-electron chi connectivity index (χ3n) is 4.93. The summed E-state index contributed by atoms with van der Waals surface area (Å²) < 4.78 is 72.5. The highest BCUT2D eigenvalue weighted by atomic mass is 32.2. The van der Waals surface area contributed by atoms with Gasteiger partial charge in [-0.2, -0.15) is 33.4 Å². The number of aryl methyl sites for hydroxylation is 1. The van der Waals surface area contributed by atoms with Gasteiger partial charge >= 0.3 is 15.6 Å². The summed E-state index contributed by atoms with van der Waals surface area (Å²) in [7, 11) is -4.23. The van der Waals surface area contributed by atoms with Gasteiger partial charge in [-0.1, -0.05) is 0 Å². The van der Waals surface area contributed by atoms with Gasteiger partial charge in [-0.3, -0.25) is 0 Å². The summed E-state index contributed by atoms with van der Waals surface area (Å²) in [4.78, 5) is 0. The maximum Gasteiger partial charge on any atom is 0.534 e. The molecule has 0 amide bonds. The lowest BCUT2D eigenvalue weighted by Crippen LogP contribution is -2.26. The summed E-state index contributed by atoms with van der Waals surface area (Å²) in [5.74, 6) is 2.28. The first-order valence-electron chi connectivity index (χ1n) is 8.72. The lowest BCUT2D eigenvalue weighted by Gasteiger charge is -2.26. The van der Waals surface area contributed by atoms with Crippen molar-refractivity contribution in [1.82, 2.24) is 0 Å². The zero-order valence-corrected chi connectivity index (χ0v) is 16.5. The molecule has 27 heavy (non-hydrogen) atoms. The average Bonchev–Trinajstić information content (AvgIpc) is 2.80. The molecule has 0 bridgehead atoms. The van der Waals surface area contributed by atoms with Crippen molar-refractivity contribution in [2.24, 2.45) is 5.92 Å². The second kappa shape index (κ2) is 7.95. The monoisotopic (exact) mass is 422 g/mol. The second-order valence-electron chi connectivity index (χ2n) is 6.60. The van der Waals surface area contributed by atoms with E-state index >= 15 is 0 Å².